The molecule has 0 saturated heterocycles. The predicted octanol–water partition coefficient (Wildman–Crippen LogP) is 29.3. The highest BCUT2D eigenvalue weighted by Crippen LogP contribution is 2.59. The van der Waals surface area contributed by atoms with Gasteiger partial charge in [-0.2, -0.15) is 0 Å². The standard InChI is InChI=1S/C60H50BN3O.C57H57BN2O/c1-41-36-42(2)59(43(3)37-41)61-55-33-30-48(38-52(55)51-28-18-19-29-58(51)65-61)64-56-34-31-49(62(44-20-10-6-11-21-44)45-22-12-7-13-23-45)39-53(56)60(4,5)54-40-50(32-35-57(54)64)63(46-24-14-8-15-25-46)47-26-16-9-17-27-47;1-35(2)38-31-41(36(3)4)55(42(32-38)37(5)6)58-49-29-27-39(59-50-23-15-11-19-45(50)56(7,8)46-20-12-16-24-51(46)59)33-43(49)44-34-40(28-30-54(44)61-58)60-52-25-17-13-21-47(52)57(9,10)48-22-14-18-26-53(48)60/h6-40H,1-5H3;11-37H,1-10H3. The Balaban J connectivity index is 0.000000159. The number of nitrogens with zero attached hydrogens (tertiary/aromatic N) is 5. The summed E-state index contributed by atoms with van der Waals surface area (Å²) in [6, 6.07) is 132. The Bertz CT molecular complexity index is 6530. The number of hydrogen-bond acceptors (Lipinski definition) is 7. The van der Waals surface area contributed by atoms with Crippen LogP contribution in [-0.4, -0.2) is 13.8 Å². The lowest BCUT2D eigenvalue weighted by Gasteiger charge is -2.43. The molecule has 7 nitrogen and oxygen atoms in total. The first-order valence-corrected chi connectivity index (χ1v) is 45.0. The van der Waals surface area contributed by atoms with Crippen molar-refractivity contribution in [3.63, 3.8) is 0 Å². The van der Waals surface area contributed by atoms with Crippen LogP contribution in [0.5, 0.6) is 11.5 Å². The van der Waals surface area contributed by atoms with Crippen molar-refractivity contribution in [1.82, 2.24) is 0 Å². The Labute approximate surface area is 746 Å². The van der Waals surface area contributed by atoms with Gasteiger partial charge in [0.25, 0.3) is 0 Å². The number of para-hydroxylation sites is 9. The van der Waals surface area contributed by atoms with Crippen LogP contribution in [0, 0.1) is 20.8 Å². The van der Waals surface area contributed by atoms with E-state index in [0.29, 0.717) is 17.8 Å². The van der Waals surface area contributed by atoms with E-state index in [0.717, 1.165) is 85.2 Å². The summed E-state index contributed by atoms with van der Waals surface area (Å²) in [5, 5.41) is 0. The van der Waals surface area contributed by atoms with Crippen LogP contribution in [0.2, 0.25) is 0 Å². The molecule has 0 bridgehead atoms. The molecule has 0 N–H and O–H groups in total. The van der Waals surface area contributed by atoms with E-state index in [9.17, 15) is 0 Å². The van der Waals surface area contributed by atoms with Gasteiger partial charge in [0.15, 0.2) is 0 Å². The molecular formula is C117H107B2N5O2. The fraction of sp³-hybridized carbons (Fsp3) is 0.179. The predicted molar refractivity (Wildman–Crippen MR) is 534 cm³/mol. The topological polar surface area (TPSA) is 34.7 Å². The first-order chi connectivity index (χ1) is 61.0. The summed E-state index contributed by atoms with van der Waals surface area (Å²) in [5.41, 5.74) is 41.7. The minimum absolute atomic E-state index is 0.140. The highest BCUT2D eigenvalue weighted by Gasteiger charge is 2.45. The molecule has 9 heteroatoms. The molecule has 0 atom stereocenters. The summed E-state index contributed by atoms with van der Waals surface area (Å²) < 4.78 is 14.4. The zero-order valence-corrected chi connectivity index (χ0v) is 75.0. The normalized spacial score (nSPS) is 14.3. The van der Waals surface area contributed by atoms with Gasteiger partial charge in [0, 0.05) is 78.6 Å². The SMILES string of the molecule is CC(C)c1cc(C(C)C)c(B2Oc3ccc(N4c5ccccc5C(C)(C)c5ccccc54)cc3-c3cc(N4c5ccccc5C(C)(C)c5ccccc54)ccc32)c(C(C)C)c1.Cc1cc(C)c(B2Oc3ccccc3-c3cc(N4c5ccc(N(c6ccccc6)c6ccccc6)cc5C(C)(C)c5cc(N(c6ccccc6)c6ccccc6)ccc54)ccc32)c(C)c1. The summed E-state index contributed by atoms with van der Waals surface area (Å²) in [6.45, 7) is 34.2. The fourth-order valence-electron chi connectivity index (χ4n) is 21.1. The lowest BCUT2D eigenvalue weighted by Crippen LogP contribution is -2.53. The van der Waals surface area contributed by atoms with Crippen LogP contribution >= 0.6 is 0 Å². The maximum Gasteiger partial charge on any atom is 0.427 e. The first kappa shape index (κ1) is 80.6. The maximum absolute atomic E-state index is 7.43. The molecule has 126 heavy (non-hydrogen) atoms. The van der Waals surface area contributed by atoms with Crippen LogP contribution in [-0.2, 0) is 16.2 Å². The van der Waals surface area contributed by atoms with Crippen LogP contribution in [0.3, 0.4) is 0 Å². The zero-order valence-electron chi connectivity index (χ0n) is 75.0. The molecule has 0 unspecified atom stereocenters. The zero-order chi connectivity index (χ0) is 86.8. The number of anilines is 15. The smallest absolute Gasteiger partial charge is 0.427 e. The van der Waals surface area contributed by atoms with Crippen molar-refractivity contribution in [1.29, 1.82) is 0 Å². The van der Waals surface area contributed by atoms with E-state index in [1.54, 1.807) is 0 Å². The molecule has 0 spiro atoms. The Morgan fingerprint density at radius 1 is 0.262 bits per heavy atom. The van der Waals surface area contributed by atoms with Crippen molar-refractivity contribution >= 4 is 121 Å². The number of fused-ring (bicyclic) bond motifs is 12. The van der Waals surface area contributed by atoms with Gasteiger partial charge < -0.3 is 33.8 Å². The quantitative estimate of drug-likeness (QED) is 0.100. The third-order valence-corrected chi connectivity index (χ3v) is 27.4. The molecule has 0 fully saturated rings. The average Bonchev–Trinajstić information content (AvgIpc) is 0.715. The van der Waals surface area contributed by atoms with Crippen molar-refractivity contribution in [2.75, 3.05) is 24.5 Å². The van der Waals surface area contributed by atoms with Crippen molar-refractivity contribution in [3.8, 4) is 33.8 Å². The van der Waals surface area contributed by atoms with E-state index >= 15 is 0 Å². The summed E-state index contributed by atoms with van der Waals surface area (Å²) >= 11 is 0. The van der Waals surface area contributed by atoms with Crippen molar-refractivity contribution in [2.45, 2.75) is 138 Å². The Hall–Kier alpha value is -13.8. The maximum atomic E-state index is 7.43. The number of hydrogen-bond donors (Lipinski definition) is 0. The number of benzene rings is 16. The van der Waals surface area contributed by atoms with E-state index in [1.807, 2.05) is 0 Å². The summed E-state index contributed by atoms with van der Waals surface area (Å²) in [5.74, 6) is 2.90. The van der Waals surface area contributed by atoms with Gasteiger partial charge >= 0.3 is 13.8 Å². The van der Waals surface area contributed by atoms with E-state index in [4.69, 9.17) is 9.31 Å². The van der Waals surface area contributed by atoms with Crippen LogP contribution < -0.4 is 55.7 Å². The lowest BCUT2D eigenvalue weighted by molar-refractivity contribution is 0.588. The van der Waals surface area contributed by atoms with Gasteiger partial charge in [-0.25, -0.2) is 0 Å². The molecule has 5 aliphatic heterocycles. The summed E-state index contributed by atoms with van der Waals surface area (Å²) in [6.07, 6.45) is 0. The molecule has 0 aliphatic carbocycles. The highest BCUT2D eigenvalue weighted by molar-refractivity contribution is 6.83. The molecule has 618 valence electrons. The van der Waals surface area contributed by atoms with Crippen molar-refractivity contribution in [2.24, 2.45) is 0 Å². The Morgan fingerprint density at radius 2 is 0.579 bits per heavy atom. The van der Waals surface area contributed by atoms with Gasteiger partial charge in [-0.15, -0.1) is 0 Å². The van der Waals surface area contributed by atoms with Gasteiger partial charge in [-0.3, -0.25) is 0 Å². The lowest BCUT2D eigenvalue weighted by atomic mass is 9.49. The molecule has 5 aliphatic rings. The second-order valence-electron chi connectivity index (χ2n) is 37.5. The molecular weight excluding hydrogens is 1530 g/mol. The monoisotopic (exact) mass is 1640 g/mol. The fourth-order valence-corrected chi connectivity index (χ4v) is 21.1. The molecule has 0 radical (unpaired) electrons. The van der Waals surface area contributed by atoms with Crippen LogP contribution in [0.15, 0.2) is 358 Å². The molecule has 5 heterocycles. The minimum Gasteiger partial charge on any atom is -0.551 e. The Morgan fingerprint density at radius 3 is 0.968 bits per heavy atom. The van der Waals surface area contributed by atoms with Crippen molar-refractivity contribution < 1.29 is 9.31 Å². The van der Waals surface area contributed by atoms with E-state index in [-0.39, 0.29) is 24.7 Å². The van der Waals surface area contributed by atoms with Gasteiger partial charge in [-0.1, -0.05) is 300 Å². The van der Waals surface area contributed by atoms with Crippen LogP contribution in [0.4, 0.5) is 85.3 Å². The molecule has 16 aromatic carbocycles. The molecule has 0 amide bonds. The molecule has 0 saturated carbocycles. The Kier molecular flexibility index (Phi) is 20.3. The summed E-state index contributed by atoms with van der Waals surface area (Å²) in [7, 11) is 0. The van der Waals surface area contributed by atoms with Crippen LogP contribution in [0.1, 0.15) is 168 Å². The van der Waals surface area contributed by atoms with Gasteiger partial charge in [-0.05, 0) is 279 Å². The summed E-state index contributed by atoms with van der Waals surface area (Å²) in [4.78, 5) is 12.2. The average molecular weight is 1640 g/mol. The van der Waals surface area contributed by atoms with E-state index in [1.165, 1.54) is 122 Å². The second kappa shape index (κ2) is 31.8. The molecule has 21 rings (SSSR count). The highest BCUT2D eigenvalue weighted by atomic mass is 16.4. The molecule has 16 aromatic rings. The van der Waals surface area contributed by atoms with E-state index < -0.39 is 5.41 Å². The first-order valence-electron chi connectivity index (χ1n) is 45.0. The largest absolute Gasteiger partial charge is 0.551 e. The third kappa shape index (κ3) is 13.7. The third-order valence-electron chi connectivity index (χ3n) is 27.4. The second-order valence-corrected chi connectivity index (χ2v) is 37.5. The van der Waals surface area contributed by atoms with Crippen molar-refractivity contribution in [3.05, 3.63) is 425 Å². The van der Waals surface area contributed by atoms with E-state index in [2.05, 4.69) is 486 Å². The number of aryl methyl sites for hydroxylation is 3. The molecule has 0 aromatic heterocycles. The van der Waals surface area contributed by atoms with Gasteiger partial charge in [0.05, 0.1) is 34.1 Å². The van der Waals surface area contributed by atoms with Crippen LogP contribution in [0.25, 0.3) is 22.3 Å². The minimum atomic E-state index is -0.397. The van der Waals surface area contributed by atoms with Gasteiger partial charge in [0.1, 0.15) is 11.5 Å². The number of rotatable bonds is 14. The van der Waals surface area contributed by atoms with Gasteiger partial charge in [0.2, 0.25) is 0 Å².